The van der Waals surface area contributed by atoms with Gasteiger partial charge < -0.3 is 4.90 Å². The monoisotopic (exact) mass is 387 g/mol. The van der Waals surface area contributed by atoms with Crippen LogP contribution in [0.4, 0.5) is 4.39 Å². The minimum atomic E-state index is -0.296. The lowest BCUT2D eigenvalue weighted by Crippen LogP contribution is -2.47. The third-order valence-corrected chi connectivity index (χ3v) is 5.85. The molecule has 1 saturated heterocycles. The Morgan fingerprint density at radius 1 is 1.26 bits per heavy atom. The molecule has 144 valence electrons. The van der Waals surface area contributed by atoms with Crippen molar-refractivity contribution < 1.29 is 9.18 Å². The molecule has 0 unspecified atom stereocenters. The van der Waals surface area contributed by atoms with Crippen LogP contribution in [0.1, 0.15) is 37.0 Å². The zero-order valence-corrected chi connectivity index (χ0v) is 16.9. The predicted octanol–water partition coefficient (Wildman–Crippen LogP) is 3.94. The molecule has 2 aromatic rings. The molecule has 0 aliphatic carbocycles. The Morgan fingerprint density at radius 2 is 2.00 bits per heavy atom. The fourth-order valence-electron chi connectivity index (χ4n) is 2.96. The van der Waals surface area contributed by atoms with Crippen molar-refractivity contribution in [3.63, 3.8) is 0 Å². The van der Waals surface area contributed by atoms with E-state index in [0.29, 0.717) is 18.7 Å². The van der Waals surface area contributed by atoms with Gasteiger partial charge in [-0.25, -0.2) is 9.37 Å². The number of halogens is 1. The Morgan fingerprint density at radius 3 is 2.63 bits per heavy atom. The average Bonchev–Trinajstić information content (AvgIpc) is 3.09. The van der Waals surface area contributed by atoms with E-state index in [1.54, 1.807) is 29.5 Å². The van der Waals surface area contributed by atoms with Crippen LogP contribution in [0.25, 0.3) is 6.08 Å². The molecule has 0 atom stereocenters. The van der Waals surface area contributed by atoms with Crippen molar-refractivity contribution in [2.45, 2.75) is 32.7 Å². The van der Waals surface area contributed by atoms with Crippen LogP contribution < -0.4 is 0 Å². The van der Waals surface area contributed by atoms with Gasteiger partial charge in [-0.15, -0.1) is 11.3 Å². The van der Waals surface area contributed by atoms with E-state index < -0.39 is 0 Å². The van der Waals surface area contributed by atoms with E-state index in [9.17, 15) is 9.18 Å². The second-order valence-corrected chi connectivity index (χ2v) is 8.74. The Labute approximate surface area is 164 Å². The van der Waals surface area contributed by atoms with Crippen molar-refractivity contribution in [1.29, 1.82) is 0 Å². The second kappa shape index (κ2) is 8.31. The maximum atomic E-state index is 13.2. The molecule has 0 saturated carbocycles. The largest absolute Gasteiger partial charge is 0.337 e. The minimum Gasteiger partial charge on any atom is -0.337 e. The average molecular weight is 388 g/mol. The number of hydrogen-bond acceptors (Lipinski definition) is 4. The molecule has 1 fully saturated rings. The highest BCUT2D eigenvalue weighted by Crippen LogP contribution is 2.26. The first-order valence-electron chi connectivity index (χ1n) is 9.21. The number of hydrogen-bond donors (Lipinski definition) is 0. The van der Waals surface area contributed by atoms with Crippen LogP contribution >= 0.6 is 11.3 Å². The summed E-state index contributed by atoms with van der Waals surface area (Å²) in [5.74, 6) is -0.322. The van der Waals surface area contributed by atoms with Crippen molar-refractivity contribution in [2.75, 3.05) is 26.2 Å². The van der Waals surface area contributed by atoms with Crippen LogP contribution in [0, 0.1) is 5.82 Å². The molecule has 1 aliphatic rings. The zero-order chi connectivity index (χ0) is 19.4. The number of rotatable bonds is 4. The van der Waals surface area contributed by atoms with Crippen molar-refractivity contribution in [3.8, 4) is 0 Å². The van der Waals surface area contributed by atoms with Crippen molar-refractivity contribution in [3.05, 3.63) is 57.8 Å². The molecular weight excluding hydrogens is 361 g/mol. The fourth-order valence-corrected chi connectivity index (χ4v) is 3.86. The topological polar surface area (TPSA) is 36.4 Å². The van der Waals surface area contributed by atoms with Crippen molar-refractivity contribution >= 4 is 23.3 Å². The summed E-state index contributed by atoms with van der Waals surface area (Å²) >= 11 is 1.72. The van der Waals surface area contributed by atoms with E-state index in [1.807, 2.05) is 4.90 Å². The van der Waals surface area contributed by atoms with Crippen molar-refractivity contribution in [2.24, 2.45) is 0 Å². The molecule has 1 aliphatic heterocycles. The number of carbonyl (C=O) groups excluding carboxylic acids is 1. The number of thiazole rings is 1. The van der Waals surface area contributed by atoms with Crippen LogP contribution in [0.5, 0.6) is 0 Å². The molecule has 1 amide bonds. The number of amides is 1. The van der Waals surface area contributed by atoms with Crippen LogP contribution in [0.2, 0.25) is 0 Å². The molecule has 0 spiro atoms. The van der Waals surface area contributed by atoms with Gasteiger partial charge in [-0.2, -0.15) is 0 Å². The molecular formula is C21H26FN3OS. The third-order valence-electron chi connectivity index (χ3n) is 4.53. The lowest BCUT2D eigenvalue weighted by molar-refractivity contribution is -0.127. The highest BCUT2D eigenvalue weighted by atomic mass is 32.1. The summed E-state index contributed by atoms with van der Waals surface area (Å²) in [5, 5.41) is 3.30. The lowest BCUT2D eigenvalue weighted by Gasteiger charge is -2.33. The van der Waals surface area contributed by atoms with Gasteiger partial charge in [0.2, 0.25) is 5.91 Å². The van der Waals surface area contributed by atoms with Crippen molar-refractivity contribution in [1.82, 2.24) is 14.8 Å². The smallest absolute Gasteiger partial charge is 0.246 e. The molecule has 4 nitrogen and oxygen atoms in total. The number of piperazine rings is 1. The molecule has 1 aromatic carbocycles. The molecule has 3 rings (SSSR count). The number of nitrogens with zero attached hydrogens (tertiary/aromatic N) is 3. The van der Waals surface area contributed by atoms with Crippen LogP contribution in [-0.2, 0) is 16.8 Å². The minimum absolute atomic E-state index is 0.0254. The molecule has 1 aromatic heterocycles. The third kappa shape index (κ3) is 5.47. The summed E-state index contributed by atoms with van der Waals surface area (Å²) < 4.78 is 13.2. The van der Waals surface area contributed by atoms with Gasteiger partial charge in [-0.3, -0.25) is 9.69 Å². The zero-order valence-electron chi connectivity index (χ0n) is 16.1. The van der Waals surface area contributed by atoms with Gasteiger partial charge in [0, 0.05) is 49.6 Å². The molecule has 0 bridgehead atoms. The Hall–Kier alpha value is -2.05. The van der Waals surface area contributed by atoms with E-state index in [2.05, 4.69) is 31.1 Å². The summed E-state index contributed by atoms with van der Waals surface area (Å²) in [6.45, 7) is 10.4. The summed E-state index contributed by atoms with van der Waals surface area (Å²) in [5.41, 5.74) is 1.89. The summed E-state index contributed by atoms with van der Waals surface area (Å²) in [6.07, 6.45) is 3.20. The van der Waals surface area contributed by atoms with E-state index in [4.69, 9.17) is 4.98 Å². The molecule has 27 heavy (non-hydrogen) atoms. The maximum absolute atomic E-state index is 13.2. The first-order chi connectivity index (χ1) is 12.8. The lowest BCUT2D eigenvalue weighted by atomic mass is 9.98. The van der Waals surface area contributed by atoms with E-state index in [-0.39, 0.29) is 17.1 Å². The van der Waals surface area contributed by atoms with Crippen LogP contribution in [0.15, 0.2) is 35.7 Å². The second-order valence-electron chi connectivity index (χ2n) is 7.88. The Kier molecular flexibility index (Phi) is 6.07. The quantitative estimate of drug-likeness (QED) is 0.746. The van der Waals surface area contributed by atoms with Gasteiger partial charge in [0.15, 0.2) is 0 Å². The standard InChI is InChI=1S/C21H26FN3OS/c1-21(2,3)20-23-18(15-27-20)14-24-9-11-25(12-10-24)19(26)8-7-16-5-4-6-17(22)13-16/h4-8,13,15H,9-12,14H2,1-3H3/b8-7+. The molecule has 0 radical (unpaired) electrons. The van der Waals surface area contributed by atoms with Gasteiger partial charge in [-0.1, -0.05) is 32.9 Å². The Balaban J connectivity index is 1.49. The van der Waals surface area contributed by atoms with Gasteiger partial charge >= 0.3 is 0 Å². The molecule has 0 N–H and O–H groups in total. The van der Waals surface area contributed by atoms with Crippen LogP contribution in [0.3, 0.4) is 0 Å². The number of carbonyl (C=O) groups is 1. The normalized spacial score (nSPS) is 16.2. The van der Waals surface area contributed by atoms with Crippen LogP contribution in [-0.4, -0.2) is 46.9 Å². The SMILES string of the molecule is CC(C)(C)c1nc(CN2CCN(C(=O)/C=C/c3cccc(F)c3)CC2)cs1. The van der Waals surface area contributed by atoms with E-state index in [0.717, 1.165) is 30.3 Å². The summed E-state index contributed by atoms with van der Waals surface area (Å²) in [4.78, 5) is 21.3. The van der Waals surface area contributed by atoms with E-state index >= 15 is 0 Å². The highest BCUT2D eigenvalue weighted by Gasteiger charge is 2.22. The van der Waals surface area contributed by atoms with Gasteiger partial charge in [-0.05, 0) is 23.8 Å². The number of aromatic nitrogens is 1. The number of benzene rings is 1. The molecule has 2 heterocycles. The molecule has 6 heteroatoms. The highest BCUT2D eigenvalue weighted by molar-refractivity contribution is 7.09. The predicted molar refractivity (Wildman–Crippen MR) is 108 cm³/mol. The Bertz CT molecular complexity index is 817. The van der Waals surface area contributed by atoms with Gasteiger partial charge in [0.1, 0.15) is 5.82 Å². The maximum Gasteiger partial charge on any atom is 0.246 e. The summed E-state index contributed by atoms with van der Waals surface area (Å²) in [6, 6.07) is 6.24. The first-order valence-corrected chi connectivity index (χ1v) is 10.1. The van der Waals surface area contributed by atoms with Gasteiger partial charge in [0.25, 0.3) is 0 Å². The van der Waals surface area contributed by atoms with Gasteiger partial charge in [0.05, 0.1) is 10.7 Å². The first kappa shape index (κ1) is 19.7. The summed E-state index contributed by atoms with van der Waals surface area (Å²) in [7, 11) is 0. The fraction of sp³-hybridized carbons (Fsp3) is 0.429. The van der Waals surface area contributed by atoms with E-state index in [1.165, 1.54) is 18.2 Å².